The lowest BCUT2D eigenvalue weighted by atomic mass is 9.97. The van der Waals surface area contributed by atoms with E-state index in [4.69, 9.17) is 9.84 Å². The van der Waals surface area contributed by atoms with Gasteiger partial charge in [-0.2, -0.15) is 0 Å². The SMILES string of the molecule is COCCSCC(=O)NCC(CC(C)C)C(=O)O. The minimum atomic E-state index is -0.851. The minimum Gasteiger partial charge on any atom is -0.481 e. The Labute approximate surface area is 113 Å². The average Bonchev–Trinajstić information content (AvgIpc) is 2.29. The predicted octanol–water partition coefficient (Wildman–Crippen LogP) is 1.23. The third-order valence-electron chi connectivity index (χ3n) is 2.32. The topological polar surface area (TPSA) is 75.6 Å². The molecule has 0 aromatic rings. The van der Waals surface area contributed by atoms with Crippen molar-refractivity contribution in [3.8, 4) is 0 Å². The van der Waals surface area contributed by atoms with Crippen molar-refractivity contribution in [2.45, 2.75) is 20.3 Å². The highest BCUT2D eigenvalue weighted by Gasteiger charge is 2.19. The van der Waals surface area contributed by atoms with Crippen molar-refractivity contribution < 1.29 is 19.4 Å². The molecule has 0 fully saturated rings. The number of carboxylic acids is 1. The summed E-state index contributed by atoms with van der Waals surface area (Å²) in [4.78, 5) is 22.4. The van der Waals surface area contributed by atoms with Crippen LogP contribution in [0.5, 0.6) is 0 Å². The second kappa shape index (κ2) is 10.2. The van der Waals surface area contributed by atoms with Crippen molar-refractivity contribution in [2.24, 2.45) is 11.8 Å². The van der Waals surface area contributed by atoms with Gasteiger partial charge in [0.15, 0.2) is 0 Å². The van der Waals surface area contributed by atoms with Crippen molar-refractivity contribution in [3.05, 3.63) is 0 Å². The summed E-state index contributed by atoms with van der Waals surface area (Å²) >= 11 is 1.48. The average molecular weight is 277 g/mol. The third kappa shape index (κ3) is 9.30. The van der Waals surface area contributed by atoms with Gasteiger partial charge in [-0.05, 0) is 12.3 Å². The Morgan fingerprint density at radius 2 is 2.06 bits per heavy atom. The second-order valence-electron chi connectivity index (χ2n) is 4.51. The highest BCUT2D eigenvalue weighted by Crippen LogP contribution is 2.11. The maximum Gasteiger partial charge on any atom is 0.308 e. The first-order valence-electron chi connectivity index (χ1n) is 6.03. The van der Waals surface area contributed by atoms with E-state index in [1.165, 1.54) is 11.8 Å². The quantitative estimate of drug-likeness (QED) is 0.587. The number of carbonyl (C=O) groups excluding carboxylic acids is 1. The number of thioether (sulfide) groups is 1. The smallest absolute Gasteiger partial charge is 0.308 e. The Hall–Kier alpha value is -0.750. The first-order chi connectivity index (χ1) is 8.47. The van der Waals surface area contributed by atoms with Gasteiger partial charge >= 0.3 is 5.97 Å². The molecule has 2 N–H and O–H groups in total. The zero-order valence-electron chi connectivity index (χ0n) is 11.3. The zero-order chi connectivity index (χ0) is 14.0. The molecule has 0 heterocycles. The van der Waals surface area contributed by atoms with E-state index >= 15 is 0 Å². The molecule has 0 saturated heterocycles. The maximum atomic E-state index is 11.5. The van der Waals surface area contributed by atoms with Crippen LogP contribution in [0.1, 0.15) is 20.3 Å². The van der Waals surface area contributed by atoms with Crippen molar-refractivity contribution in [3.63, 3.8) is 0 Å². The van der Waals surface area contributed by atoms with Crippen LogP contribution in [0, 0.1) is 11.8 Å². The van der Waals surface area contributed by atoms with E-state index in [1.807, 2.05) is 13.8 Å². The Bertz CT molecular complexity index is 258. The molecule has 0 spiro atoms. The first kappa shape index (κ1) is 17.2. The fourth-order valence-electron chi connectivity index (χ4n) is 1.44. The lowest BCUT2D eigenvalue weighted by Crippen LogP contribution is -2.34. The molecule has 0 aliphatic heterocycles. The van der Waals surface area contributed by atoms with E-state index in [9.17, 15) is 9.59 Å². The van der Waals surface area contributed by atoms with Crippen LogP contribution >= 0.6 is 11.8 Å². The van der Waals surface area contributed by atoms with Crippen LogP contribution in [0.25, 0.3) is 0 Å². The van der Waals surface area contributed by atoms with Gasteiger partial charge in [-0.1, -0.05) is 13.8 Å². The standard InChI is InChI=1S/C12H23NO4S/c1-9(2)6-10(12(15)16)7-13-11(14)8-18-5-4-17-3/h9-10H,4-8H2,1-3H3,(H,13,14)(H,15,16). The van der Waals surface area contributed by atoms with Crippen molar-refractivity contribution in [1.29, 1.82) is 0 Å². The van der Waals surface area contributed by atoms with E-state index in [0.717, 1.165) is 5.75 Å². The second-order valence-corrected chi connectivity index (χ2v) is 5.62. The first-order valence-corrected chi connectivity index (χ1v) is 7.19. The monoisotopic (exact) mass is 277 g/mol. The molecule has 1 unspecified atom stereocenters. The van der Waals surface area contributed by atoms with Gasteiger partial charge in [0.2, 0.25) is 5.91 Å². The molecule has 0 bridgehead atoms. The van der Waals surface area contributed by atoms with Crippen LogP contribution in [0.3, 0.4) is 0 Å². The molecule has 0 saturated carbocycles. The van der Waals surface area contributed by atoms with Crippen molar-refractivity contribution in [1.82, 2.24) is 5.32 Å². The molecule has 106 valence electrons. The number of nitrogens with one attached hydrogen (secondary N) is 1. The number of rotatable bonds is 10. The Morgan fingerprint density at radius 1 is 1.39 bits per heavy atom. The number of hydrogen-bond donors (Lipinski definition) is 2. The molecule has 0 aromatic heterocycles. The number of carboxylic acid groups (broad SMARTS) is 1. The number of methoxy groups -OCH3 is 1. The predicted molar refractivity (Wildman–Crippen MR) is 72.8 cm³/mol. The van der Waals surface area contributed by atoms with E-state index in [2.05, 4.69) is 5.32 Å². The van der Waals surface area contributed by atoms with Crippen LogP contribution in [0.15, 0.2) is 0 Å². The summed E-state index contributed by atoms with van der Waals surface area (Å²) in [5.74, 6) is -0.0607. The van der Waals surface area contributed by atoms with E-state index < -0.39 is 11.9 Å². The van der Waals surface area contributed by atoms with Crippen molar-refractivity contribution in [2.75, 3.05) is 31.8 Å². The van der Waals surface area contributed by atoms with Gasteiger partial charge in [0.05, 0.1) is 18.3 Å². The lowest BCUT2D eigenvalue weighted by Gasteiger charge is -2.15. The van der Waals surface area contributed by atoms with Crippen LogP contribution in [-0.4, -0.2) is 48.8 Å². The molecule has 0 aliphatic carbocycles. The van der Waals surface area contributed by atoms with Crippen LogP contribution in [0.2, 0.25) is 0 Å². The number of aliphatic carboxylic acids is 1. The van der Waals surface area contributed by atoms with Crippen molar-refractivity contribution >= 4 is 23.6 Å². The lowest BCUT2D eigenvalue weighted by molar-refractivity contribution is -0.142. The minimum absolute atomic E-state index is 0.119. The summed E-state index contributed by atoms with van der Waals surface area (Å²) in [6, 6.07) is 0. The summed E-state index contributed by atoms with van der Waals surface area (Å²) < 4.78 is 4.87. The van der Waals surface area contributed by atoms with Gasteiger partial charge in [-0.15, -0.1) is 11.8 Å². The molecule has 1 atom stereocenters. The van der Waals surface area contributed by atoms with Crippen LogP contribution in [-0.2, 0) is 14.3 Å². The molecule has 18 heavy (non-hydrogen) atoms. The van der Waals surface area contributed by atoms with E-state index in [1.54, 1.807) is 7.11 Å². The summed E-state index contributed by atoms with van der Waals surface area (Å²) in [5, 5.41) is 11.7. The fraction of sp³-hybridized carbons (Fsp3) is 0.833. The number of amides is 1. The van der Waals surface area contributed by atoms with Crippen LogP contribution < -0.4 is 5.32 Å². The van der Waals surface area contributed by atoms with Gasteiger partial charge in [0.1, 0.15) is 0 Å². The molecule has 0 rings (SSSR count). The molecule has 0 aliphatic rings. The highest BCUT2D eigenvalue weighted by molar-refractivity contribution is 7.99. The van der Waals surface area contributed by atoms with Gasteiger partial charge < -0.3 is 15.2 Å². The largest absolute Gasteiger partial charge is 0.481 e. The third-order valence-corrected chi connectivity index (χ3v) is 3.24. The molecule has 0 aromatic carbocycles. The summed E-state index contributed by atoms with van der Waals surface area (Å²) in [6.07, 6.45) is 0.576. The molecular formula is C12H23NO4S. The molecule has 6 heteroatoms. The van der Waals surface area contributed by atoms with E-state index in [0.29, 0.717) is 24.7 Å². The van der Waals surface area contributed by atoms with Gasteiger partial charge in [-0.3, -0.25) is 9.59 Å². The Balaban J connectivity index is 3.82. The highest BCUT2D eigenvalue weighted by atomic mass is 32.2. The zero-order valence-corrected chi connectivity index (χ0v) is 12.1. The van der Waals surface area contributed by atoms with Gasteiger partial charge in [0, 0.05) is 19.4 Å². The Morgan fingerprint density at radius 3 is 2.56 bits per heavy atom. The van der Waals surface area contributed by atoms with Gasteiger partial charge in [0.25, 0.3) is 0 Å². The molecule has 1 amide bonds. The number of ether oxygens (including phenoxy) is 1. The summed E-state index contributed by atoms with van der Waals surface area (Å²) in [7, 11) is 1.62. The summed E-state index contributed by atoms with van der Waals surface area (Å²) in [6.45, 7) is 4.76. The molecule has 5 nitrogen and oxygen atoms in total. The van der Waals surface area contributed by atoms with Crippen LogP contribution in [0.4, 0.5) is 0 Å². The van der Waals surface area contributed by atoms with E-state index in [-0.39, 0.29) is 12.5 Å². The van der Waals surface area contributed by atoms with Gasteiger partial charge in [-0.25, -0.2) is 0 Å². The fourth-order valence-corrected chi connectivity index (χ4v) is 2.15. The maximum absolute atomic E-state index is 11.5. The number of hydrogen-bond acceptors (Lipinski definition) is 4. The summed E-state index contributed by atoms with van der Waals surface area (Å²) in [5.41, 5.74) is 0. The number of carbonyl (C=O) groups is 2. The molecule has 0 radical (unpaired) electrons. The molecular weight excluding hydrogens is 254 g/mol. The normalized spacial score (nSPS) is 12.4. The Kier molecular flexibility index (Phi) is 9.77.